The molecule has 0 aromatic heterocycles. The average Bonchev–Trinajstić information content (AvgIpc) is 1.86. The van der Waals surface area contributed by atoms with Gasteiger partial charge in [-0.2, -0.15) is 0 Å². The van der Waals surface area contributed by atoms with Crippen molar-refractivity contribution in [1.82, 2.24) is 0 Å². The van der Waals surface area contributed by atoms with E-state index in [0.29, 0.717) is 4.90 Å². The molecule has 0 atom stereocenters. The molecule has 1 aromatic carbocycles. The maximum atomic E-state index is 11.0. The van der Waals surface area contributed by atoms with E-state index in [1.807, 2.05) is 22.6 Å². The third kappa shape index (κ3) is 2.41. The molecule has 0 unspecified atom stereocenters. The molecule has 0 bridgehead atoms. The molecule has 0 N–H and O–H groups in total. The molecule has 0 aliphatic heterocycles. The number of benzene rings is 1. The van der Waals surface area contributed by atoms with E-state index in [1.54, 1.807) is 24.3 Å². The Labute approximate surface area is 86.3 Å². The van der Waals surface area contributed by atoms with Gasteiger partial charge in [-0.25, -0.2) is 8.42 Å². The highest BCUT2D eigenvalue weighted by Gasteiger charge is 2.11. The molecule has 60 valence electrons. The molecule has 0 heterocycles. The molecule has 1 aromatic rings. The summed E-state index contributed by atoms with van der Waals surface area (Å²) >= 11 is 4.58. The van der Waals surface area contributed by atoms with Crippen molar-refractivity contribution in [1.29, 1.82) is 0 Å². The molecule has 0 spiro atoms. The van der Waals surface area contributed by atoms with Crippen LogP contribution < -0.4 is 0 Å². The van der Waals surface area contributed by atoms with Crippen LogP contribution in [0.3, 0.4) is 0 Å². The lowest BCUT2D eigenvalue weighted by Crippen LogP contribution is -1.92. The standard InChI is InChI=1S/C6H4BrIO2S/c7-11(9,10)6-4-2-1-3-5(6)8/h1-4H. The molecule has 0 aliphatic carbocycles. The quantitative estimate of drug-likeness (QED) is 0.578. The van der Waals surface area contributed by atoms with Crippen LogP contribution in [-0.4, -0.2) is 8.42 Å². The van der Waals surface area contributed by atoms with Crippen LogP contribution in [0.5, 0.6) is 0 Å². The Kier molecular flexibility index (Phi) is 2.93. The highest BCUT2D eigenvalue weighted by Crippen LogP contribution is 2.22. The van der Waals surface area contributed by atoms with Gasteiger partial charge in [-0.15, -0.1) is 0 Å². The summed E-state index contributed by atoms with van der Waals surface area (Å²) in [6, 6.07) is 6.79. The van der Waals surface area contributed by atoms with E-state index in [1.165, 1.54) is 0 Å². The van der Waals surface area contributed by atoms with E-state index < -0.39 is 8.27 Å². The predicted molar refractivity (Wildman–Crippen MR) is 55.3 cm³/mol. The van der Waals surface area contributed by atoms with Crippen LogP contribution in [0.15, 0.2) is 29.2 Å². The van der Waals surface area contributed by atoms with Crippen molar-refractivity contribution in [3.63, 3.8) is 0 Å². The molecule has 0 saturated carbocycles. The van der Waals surface area contributed by atoms with Crippen LogP contribution in [0.2, 0.25) is 0 Å². The summed E-state index contributed by atoms with van der Waals surface area (Å²) in [4.78, 5) is 0.320. The van der Waals surface area contributed by atoms with Gasteiger partial charge in [0.2, 0.25) is 8.27 Å². The van der Waals surface area contributed by atoms with Crippen molar-refractivity contribution in [2.24, 2.45) is 0 Å². The van der Waals surface area contributed by atoms with Gasteiger partial charge in [0.05, 0.1) is 19.7 Å². The fourth-order valence-corrected chi connectivity index (χ4v) is 4.20. The van der Waals surface area contributed by atoms with E-state index in [2.05, 4.69) is 14.8 Å². The largest absolute Gasteiger partial charge is 0.238 e. The highest BCUT2D eigenvalue weighted by molar-refractivity contribution is 14.1. The van der Waals surface area contributed by atoms with Gasteiger partial charge >= 0.3 is 0 Å². The fraction of sp³-hybridized carbons (Fsp3) is 0. The van der Waals surface area contributed by atoms with Gasteiger partial charge in [0.25, 0.3) is 0 Å². The van der Waals surface area contributed by atoms with Crippen LogP contribution in [0.4, 0.5) is 0 Å². The third-order valence-electron chi connectivity index (χ3n) is 1.10. The monoisotopic (exact) mass is 346 g/mol. The van der Waals surface area contributed by atoms with Crippen molar-refractivity contribution in [3.8, 4) is 0 Å². The van der Waals surface area contributed by atoms with Crippen molar-refractivity contribution >= 4 is 45.7 Å². The Bertz CT molecular complexity index is 361. The van der Waals surface area contributed by atoms with Crippen LogP contribution in [-0.2, 0) is 8.27 Å². The highest BCUT2D eigenvalue weighted by atomic mass is 127. The summed E-state index contributed by atoms with van der Waals surface area (Å²) in [6.45, 7) is 0. The van der Waals surface area contributed by atoms with E-state index >= 15 is 0 Å². The van der Waals surface area contributed by atoms with Crippen LogP contribution in [0.1, 0.15) is 0 Å². The van der Waals surface area contributed by atoms with E-state index in [-0.39, 0.29) is 0 Å². The van der Waals surface area contributed by atoms with Gasteiger partial charge in [0, 0.05) is 3.57 Å². The lowest BCUT2D eigenvalue weighted by Gasteiger charge is -1.97. The van der Waals surface area contributed by atoms with Gasteiger partial charge in [0.1, 0.15) is 0 Å². The van der Waals surface area contributed by atoms with Gasteiger partial charge < -0.3 is 0 Å². The molecular formula is C6H4BrIO2S. The second-order valence-corrected chi connectivity index (χ2v) is 6.90. The summed E-state index contributed by atoms with van der Waals surface area (Å²) in [5, 5.41) is 0. The molecular weight excluding hydrogens is 343 g/mol. The number of hydrogen-bond acceptors (Lipinski definition) is 2. The molecule has 1 rings (SSSR count). The minimum atomic E-state index is -3.23. The first-order valence-electron chi connectivity index (χ1n) is 2.71. The second-order valence-electron chi connectivity index (χ2n) is 1.87. The number of rotatable bonds is 1. The molecule has 5 heteroatoms. The molecule has 0 saturated heterocycles. The summed E-state index contributed by atoms with van der Waals surface area (Å²) in [7, 11) is -3.23. The Balaban J connectivity index is 3.37. The Hall–Kier alpha value is 0.380. The first kappa shape index (κ1) is 9.47. The van der Waals surface area contributed by atoms with Gasteiger partial charge in [0.15, 0.2) is 0 Å². The van der Waals surface area contributed by atoms with Crippen LogP contribution in [0, 0.1) is 3.57 Å². The van der Waals surface area contributed by atoms with Gasteiger partial charge in [-0.05, 0) is 34.7 Å². The fourth-order valence-electron chi connectivity index (χ4n) is 0.642. The molecule has 0 radical (unpaired) electrons. The van der Waals surface area contributed by atoms with Gasteiger partial charge in [-0.1, -0.05) is 12.1 Å². The predicted octanol–water partition coefficient (Wildman–Crippen LogP) is 2.37. The zero-order chi connectivity index (χ0) is 8.48. The maximum Gasteiger partial charge on any atom is 0.238 e. The van der Waals surface area contributed by atoms with Crippen LogP contribution in [0.25, 0.3) is 0 Å². The Morgan fingerprint density at radius 2 is 1.82 bits per heavy atom. The maximum absolute atomic E-state index is 11.0. The summed E-state index contributed by atoms with van der Waals surface area (Å²) in [5.41, 5.74) is 0. The lowest BCUT2D eigenvalue weighted by atomic mass is 10.4. The first-order chi connectivity index (χ1) is 5.02. The minimum absolute atomic E-state index is 0.320. The number of hydrogen-bond donors (Lipinski definition) is 0. The SMILES string of the molecule is O=S(=O)(Br)c1ccccc1I. The molecule has 2 nitrogen and oxygen atoms in total. The van der Waals surface area contributed by atoms with Crippen molar-refractivity contribution in [2.75, 3.05) is 0 Å². The number of halogens is 2. The summed E-state index contributed by atoms with van der Waals surface area (Å²) < 4.78 is 22.7. The molecule has 0 amide bonds. The first-order valence-corrected chi connectivity index (χ1v) is 7.11. The van der Waals surface area contributed by atoms with E-state index in [0.717, 1.165) is 3.57 Å². The van der Waals surface area contributed by atoms with Crippen molar-refractivity contribution in [2.45, 2.75) is 4.90 Å². The van der Waals surface area contributed by atoms with Crippen molar-refractivity contribution < 1.29 is 8.42 Å². The third-order valence-corrected chi connectivity index (χ3v) is 4.33. The van der Waals surface area contributed by atoms with Gasteiger partial charge in [-0.3, -0.25) is 0 Å². The Morgan fingerprint density at radius 3 is 2.18 bits per heavy atom. The van der Waals surface area contributed by atoms with Crippen LogP contribution >= 0.6 is 37.4 Å². The normalized spacial score (nSPS) is 11.5. The molecule has 11 heavy (non-hydrogen) atoms. The van der Waals surface area contributed by atoms with Crippen molar-refractivity contribution in [3.05, 3.63) is 27.8 Å². The molecule has 0 fully saturated rings. The Morgan fingerprint density at radius 1 is 1.27 bits per heavy atom. The summed E-state index contributed by atoms with van der Waals surface area (Å²) in [5.74, 6) is 0. The summed E-state index contributed by atoms with van der Waals surface area (Å²) in [6.07, 6.45) is 0. The average molecular weight is 347 g/mol. The molecule has 0 aliphatic rings. The zero-order valence-electron chi connectivity index (χ0n) is 5.29. The van der Waals surface area contributed by atoms with E-state index in [9.17, 15) is 8.42 Å². The second kappa shape index (κ2) is 3.40. The smallest absolute Gasteiger partial charge is 0.212 e. The lowest BCUT2D eigenvalue weighted by molar-refractivity contribution is 0.611. The minimum Gasteiger partial charge on any atom is -0.212 e. The van der Waals surface area contributed by atoms with E-state index in [4.69, 9.17) is 0 Å². The topological polar surface area (TPSA) is 34.1 Å². The zero-order valence-corrected chi connectivity index (χ0v) is 9.85.